The van der Waals surface area contributed by atoms with E-state index < -0.39 is 0 Å². The van der Waals surface area contributed by atoms with E-state index in [4.69, 9.17) is 0 Å². The predicted molar refractivity (Wildman–Crippen MR) is 74.1 cm³/mol. The molecule has 5 heteroatoms. The SMILES string of the molecule is O=C([C@@H]1CCCN1C(=O)c1cccnc1)N1CCCC1. The largest absolute Gasteiger partial charge is 0.341 e. The second kappa shape index (κ2) is 5.61. The van der Waals surface area contributed by atoms with Crippen molar-refractivity contribution in [1.29, 1.82) is 0 Å². The van der Waals surface area contributed by atoms with E-state index in [9.17, 15) is 9.59 Å². The van der Waals surface area contributed by atoms with Crippen molar-refractivity contribution < 1.29 is 9.59 Å². The van der Waals surface area contributed by atoms with Crippen LogP contribution in [0, 0.1) is 0 Å². The standard InChI is InChI=1S/C15H19N3O2/c19-14(12-5-3-7-16-11-12)18-10-4-6-13(18)15(20)17-8-1-2-9-17/h3,5,7,11,13H,1-2,4,6,8-10H2/t13-/m0/s1. The van der Waals surface area contributed by atoms with Crippen molar-refractivity contribution in [3.8, 4) is 0 Å². The highest BCUT2D eigenvalue weighted by molar-refractivity contribution is 5.97. The van der Waals surface area contributed by atoms with Crippen molar-refractivity contribution in [1.82, 2.24) is 14.8 Å². The Labute approximate surface area is 118 Å². The van der Waals surface area contributed by atoms with Crippen LogP contribution in [0.15, 0.2) is 24.5 Å². The van der Waals surface area contributed by atoms with Gasteiger partial charge >= 0.3 is 0 Å². The molecule has 1 atom stereocenters. The minimum Gasteiger partial charge on any atom is -0.341 e. The molecule has 20 heavy (non-hydrogen) atoms. The molecule has 0 aromatic carbocycles. The molecule has 0 bridgehead atoms. The average molecular weight is 273 g/mol. The molecule has 0 unspecified atom stereocenters. The molecule has 106 valence electrons. The van der Waals surface area contributed by atoms with Crippen molar-refractivity contribution in [3.05, 3.63) is 30.1 Å². The number of aromatic nitrogens is 1. The van der Waals surface area contributed by atoms with Crippen molar-refractivity contribution in [2.75, 3.05) is 19.6 Å². The Balaban J connectivity index is 1.75. The van der Waals surface area contributed by atoms with Gasteiger partial charge in [0.25, 0.3) is 5.91 Å². The quantitative estimate of drug-likeness (QED) is 0.816. The molecule has 0 aliphatic carbocycles. The number of carbonyl (C=O) groups excluding carboxylic acids is 2. The second-order valence-corrected chi connectivity index (χ2v) is 5.43. The van der Waals surface area contributed by atoms with Crippen LogP contribution < -0.4 is 0 Å². The summed E-state index contributed by atoms with van der Waals surface area (Å²) >= 11 is 0. The first-order valence-electron chi connectivity index (χ1n) is 7.27. The number of pyridine rings is 1. The van der Waals surface area contributed by atoms with E-state index in [0.717, 1.165) is 38.8 Å². The Morgan fingerprint density at radius 1 is 1.15 bits per heavy atom. The third-order valence-corrected chi connectivity index (χ3v) is 4.12. The van der Waals surface area contributed by atoms with Gasteiger partial charge in [-0.3, -0.25) is 14.6 Å². The van der Waals surface area contributed by atoms with Gasteiger partial charge < -0.3 is 9.80 Å². The lowest BCUT2D eigenvalue weighted by molar-refractivity contribution is -0.134. The van der Waals surface area contributed by atoms with Gasteiger partial charge in [0, 0.05) is 32.0 Å². The molecule has 0 spiro atoms. The minimum atomic E-state index is -0.277. The molecule has 0 N–H and O–H groups in total. The van der Waals surface area contributed by atoms with Crippen LogP contribution in [0.3, 0.4) is 0 Å². The molecule has 2 aliphatic rings. The van der Waals surface area contributed by atoms with E-state index in [0.29, 0.717) is 12.1 Å². The zero-order chi connectivity index (χ0) is 13.9. The Kier molecular flexibility index (Phi) is 3.67. The number of hydrogen-bond acceptors (Lipinski definition) is 3. The van der Waals surface area contributed by atoms with Gasteiger partial charge in [-0.2, -0.15) is 0 Å². The topological polar surface area (TPSA) is 53.5 Å². The molecular formula is C15H19N3O2. The van der Waals surface area contributed by atoms with Crippen molar-refractivity contribution >= 4 is 11.8 Å². The van der Waals surface area contributed by atoms with Crippen LogP contribution in [0.5, 0.6) is 0 Å². The maximum atomic E-state index is 12.5. The van der Waals surface area contributed by atoms with Crippen molar-refractivity contribution in [2.45, 2.75) is 31.7 Å². The van der Waals surface area contributed by atoms with Crippen molar-refractivity contribution in [3.63, 3.8) is 0 Å². The van der Waals surface area contributed by atoms with Gasteiger partial charge in [-0.15, -0.1) is 0 Å². The van der Waals surface area contributed by atoms with Crippen LogP contribution >= 0.6 is 0 Å². The van der Waals surface area contributed by atoms with Crippen LogP contribution in [0.2, 0.25) is 0 Å². The van der Waals surface area contributed by atoms with E-state index in [2.05, 4.69) is 4.98 Å². The monoisotopic (exact) mass is 273 g/mol. The number of amides is 2. The third-order valence-electron chi connectivity index (χ3n) is 4.12. The summed E-state index contributed by atoms with van der Waals surface area (Å²) in [5.74, 6) is 0.0467. The first-order valence-corrected chi connectivity index (χ1v) is 7.27. The van der Waals surface area contributed by atoms with Crippen LogP contribution in [-0.4, -0.2) is 52.3 Å². The van der Waals surface area contributed by atoms with Gasteiger partial charge in [0.1, 0.15) is 6.04 Å². The highest BCUT2D eigenvalue weighted by Gasteiger charge is 2.37. The molecule has 1 aromatic heterocycles. The molecule has 5 nitrogen and oxygen atoms in total. The molecule has 3 heterocycles. The smallest absolute Gasteiger partial charge is 0.256 e. The lowest BCUT2D eigenvalue weighted by Gasteiger charge is -2.27. The summed E-state index contributed by atoms with van der Waals surface area (Å²) in [6.07, 6.45) is 7.05. The van der Waals surface area contributed by atoms with Gasteiger partial charge in [-0.1, -0.05) is 0 Å². The van der Waals surface area contributed by atoms with Gasteiger partial charge in [0.2, 0.25) is 5.91 Å². The minimum absolute atomic E-state index is 0.0758. The Bertz CT molecular complexity index is 497. The van der Waals surface area contributed by atoms with Crippen LogP contribution in [0.1, 0.15) is 36.0 Å². The molecule has 0 radical (unpaired) electrons. The molecule has 0 saturated carbocycles. The summed E-state index contributed by atoms with van der Waals surface area (Å²) in [7, 11) is 0. The van der Waals surface area contributed by atoms with Crippen molar-refractivity contribution in [2.24, 2.45) is 0 Å². The predicted octanol–water partition coefficient (Wildman–Crippen LogP) is 1.31. The fourth-order valence-electron chi connectivity index (χ4n) is 3.07. The molecule has 1 aromatic rings. The summed E-state index contributed by atoms with van der Waals surface area (Å²) in [6.45, 7) is 2.34. The molecule has 2 saturated heterocycles. The van der Waals surface area contributed by atoms with Crippen LogP contribution in [-0.2, 0) is 4.79 Å². The highest BCUT2D eigenvalue weighted by Crippen LogP contribution is 2.23. The van der Waals surface area contributed by atoms with E-state index in [1.807, 2.05) is 4.90 Å². The lowest BCUT2D eigenvalue weighted by atomic mass is 10.1. The summed E-state index contributed by atoms with van der Waals surface area (Å²) in [5.41, 5.74) is 0.564. The molecule has 2 amide bonds. The number of hydrogen-bond donors (Lipinski definition) is 0. The zero-order valence-electron chi connectivity index (χ0n) is 11.5. The summed E-state index contributed by atoms with van der Waals surface area (Å²) in [6, 6.07) is 3.23. The number of nitrogens with zero attached hydrogens (tertiary/aromatic N) is 3. The molecule has 2 aliphatic heterocycles. The fourth-order valence-corrected chi connectivity index (χ4v) is 3.07. The van der Waals surface area contributed by atoms with E-state index in [1.165, 1.54) is 0 Å². The fraction of sp³-hybridized carbons (Fsp3) is 0.533. The first kappa shape index (κ1) is 13.1. The van der Waals surface area contributed by atoms with Crippen LogP contribution in [0.4, 0.5) is 0 Å². The second-order valence-electron chi connectivity index (χ2n) is 5.43. The Hall–Kier alpha value is -1.91. The maximum Gasteiger partial charge on any atom is 0.256 e. The summed E-state index contributed by atoms with van der Waals surface area (Å²) in [5, 5.41) is 0. The number of carbonyl (C=O) groups is 2. The summed E-state index contributed by atoms with van der Waals surface area (Å²) < 4.78 is 0. The molecular weight excluding hydrogens is 254 g/mol. The van der Waals surface area contributed by atoms with Gasteiger partial charge in [0.05, 0.1) is 5.56 Å². The van der Waals surface area contributed by atoms with Gasteiger partial charge in [-0.25, -0.2) is 0 Å². The first-order chi connectivity index (χ1) is 9.77. The molecule has 2 fully saturated rings. The van der Waals surface area contributed by atoms with Gasteiger partial charge in [0.15, 0.2) is 0 Å². The number of likely N-dealkylation sites (tertiary alicyclic amines) is 2. The molecule has 3 rings (SSSR count). The van der Waals surface area contributed by atoms with E-state index in [1.54, 1.807) is 29.4 Å². The lowest BCUT2D eigenvalue weighted by Crippen LogP contribution is -2.46. The Morgan fingerprint density at radius 3 is 2.65 bits per heavy atom. The Morgan fingerprint density at radius 2 is 1.95 bits per heavy atom. The highest BCUT2D eigenvalue weighted by atomic mass is 16.2. The van der Waals surface area contributed by atoms with E-state index in [-0.39, 0.29) is 17.9 Å². The number of rotatable bonds is 2. The average Bonchev–Trinajstić information content (AvgIpc) is 3.18. The van der Waals surface area contributed by atoms with E-state index >= 15 is 0 Å². The van der Waals surface area contributed by atoms with Gasteiger partial charge in [-0.05, 0) is 37.8 Å². The third kappa shape index (κ3) is 2.40. The maximum absolute atomic E-state index is 12.5. The zero-order valence-corrected chi connectivity index (χ0v) is 11.5. The van der Waals surface area contributed by atoms with Crippen LogP contribution in [0.25, 0.3) is 0 Å². The summed E-state index contributed by atoms with van der Waals surface area (Å²) in [4.78, 5) is 32.6. The normalized spacial score (nSPS) is 22.3.